The van der Waals surface area contributed by atoms with Crippen molar-refractivity contribution in [3.05, 3.63) is 0 Å². The van der Waals surface area contributed by atoms with E-state index in [-0.39, 0.29) is 0 Å². The monoisotopic (exact) mass is 121 g/mol. The van der Waals surface area contributed by atoms with E-state index in [1.807, 2.05) is 0 Å². The molecule has 7 heavy (non-hydrogen) atoms. The van der Waals surface area contributed by atoms with Crippen molar-refractivity contribution in [3.63, 3.8) is 0 Å². The van der Waals surface area contributed by atoms with E-state index in [9.17, 15) is 0 Å². The van der Waals surface area contributed by atoms with E-state index in [1.54, 1.807) is 0 Å². The summed E-state index contributed by atoms with van der Waals surface area (Å²) in [5.41, 5.74) is 0. The number of hydrogen-bond acceptors (Lipinski definition) is 2. The van der Waals surface area contributed by atoms with Gasteiger partial charge in [-0.05, 0) is 13.1 Å². The maximum Gasteiger partial charge on any atom is 0.141 e. The van der Waals surface area contributed by atoms with Gasteiger partial charge in [-0.15, -0.1) is 0 Å². The van der Waals surface area contributed by atoms with E-state index in [1.165, 1.54) is 0 Å². The molecule has 3 heteroatoms. The van der Waals surface area contributed by atoms with Crippen molar-refractivity contribution in [2.45, 2.75) is 13.8 Å². The summed E-state index contributed by atoms with van der Waals surface area (Å²) >= 11 is 0. The molecule has 0 aromatic rings. The minimum atomic E-state index is 0.306. The molecule has 0 saturated heterocycles. The van der Waals surface area contributed by atoms with Gasteiger partial charge in [0, 0.05) is 0 Å². The first-order valence-electron chi connectivity index (χ1n) is 2.57. The van der Waals surface area contributed by atoms with Crippen molar-refractivity contribution in [1.29, 1.82) is 0 Å². The van der Waals surface area contributed by atoms with Crippen molar-refractivity contribution in [3.8, 4) is 0 Å². The van der Waals surface area contributed by atoms with Crippen molar-refractivity contribution in [2.75, 3.05) is 13.1 Å². The fourth-order valence-corrected chi connectivity index (χ4v) is 0.250. The zero-order chi connectivity index (χ0) is 6.12. The highest BCUT2D eigenvalue weighted by atomic mass is 28.2. The molecule has 0 rings (SSSR count). The van der Waals surface area contributed by atoms with Gasteiger partial charge in [0.2, 0.25) is 0 Å². The predicted molar refractivity (Wildman–Crippen MR) is 36.4 cm³/mol. The third-order valence-electron chi connectivity index (χ3n) is 0.500. The van der Waals surface area contributed by atoms with Gasteiger partial charge in [0.15, 0.2) is 0 Å². The van der Waals surface area contributed by atoms with Crippen LogP contribution in [0.25, 0.3) is 0 Å². The van der Waals surface area contributed by atoms with Gasteiger partial charge in [0.25, 0.3) is 0 Å². The van der Waals surface area contributed by atoms with E-state index in [2.05, 4.69) is 19.2 Å². The fourth-order valence-electron chi connectivity index (χ4n) is 0.250. The van der Waals surface area contributed by atoms with Gasteiger partial charge < -0.3 is 10.1 Å². The highest BCUT2D eigenvalue weighted by molar-refractivity contribution is 5.95. The van der Waals surface area contributed by atoms with Gasteiger partial charge in [-0.3, -0.25) is 0 Å². The molecule has 2 N–H and O–H groups in total. The lowest BCUT2D eigenvalue weighted by Gasteiger charge is -1.86. The van der Waals surface area contributed by atoms with Crippen LogP contribution < -0.4 is 5.32 Å². The van der Waals surface area contributed by atoms with Crippen molar-refractivity contribution < 1.29 is 4.80 Å². The first-order chi connectivity index (χ1) is 3.41. The van der Waals surface area contributed by atoms with Gasteiger partial charge >= 0.3 is 0 Å². The first-order valence-corrected chi connectivity index (χ1v) is 3.46. The Morgan fingerprint density at radius 1 is 1.29 bits per heavy atom. The summed E-state index contributed by atoms with van der Waals surface area (Å²) in [4.78, 5) is 7.14. The highest BCUT2D eigenvalue weighted by Crippen LogP contribution is 1.47. The molecule has 0 saturated carbocycles. The molecule has 0 aromatic heterocycles. The summed E-state index contributed by atoms with van der Waals surface area (Å²) < 4.78 is 0. The van der Waals surface area contributed by atoms with Gasteiger partial charge in [0.1, 0.15) is 10.5 Å². The van der Waals surface area contributed by atoms with Crippen LogP contribution in [-0.4, -0.2) is 28.4 Å². The summed E-state index contributed by atoms with van der Waals surface area (Å²) in [6.07, 6.45) is 0. The maximum absolute atomic E-state index is 7.14. The smallest absolute Gasteiger partial charge is 0.141 e. The molecule has 0 fully saturated rings. The summed E-state index contributed by atoms with van der Waals surface area (Å²) in [6.45, 7) is 6.39. The molecule has 2 nitrogen and oxygen atoms in total. The summed E-state index contributed by atoms with van der Waals surface area (Å²) in [5, 5.41) is 3.11. The van der Waals surface area contributed by atoms with Gasteiger partial charge in [-0.25, -0.2) is 0 Å². The van der Waals surface area contributed by atoms with Crippen LogP contribution in [-0.2, 0) is 0 Å². The Hall–Kier alpha value is 0.137. The van der Waals surface area contributed by atoms with Crippen LogP contribution in [0.5, 0.6) is 0 Å². The zero-order valence-electron chi connectivity index (χ0n) is 5.36. The molecule has 0 radical (unpaired) electrons. The van der Waals surface area contributed by atoms with Crippen molar-refractivity contribution in [2.24, 2.45) is 0 Å². The molecule has 0 unspecified atom stereocenters. The Kier molecular flexibility index (Phi) is 23.9. The minimum absolute atomic E-state index is 0.306. The molecule has 0 bridgehead atoms. The summed E-state index contributed by atoms with van der Waals surface area (Å²) in [5.74, 6) is 0. The third kappa shape index (κ3) is 23.0. The Morgan fingerprint density at radius 2 is 1.57 bits per heavy atom. The minimum Gasteiger partial charge on any atom is -0.442 e. The Bertz CT molecular complexity index is 19.2. The van der Waals surface area contributed by atoms with Crippen LogP contribution in [0.4, 0.5) is 0 Å². The molecule has 0 atom stereocenters. The average Bonchev–Trinajstić information content (AvgIpc) is 1.75. The van der Waals surface area contributed by atoms with Crippen LogP contribution in [0.3, 0.4) is 0 Å². The second kappa shape index (κ2) is 16.5. The second-order valence-corrected chi connectivity index (χ2v) is 0.957. The van der Waals surface area contributed by atoms with Gasteiger partial charge in [-0.1, -0.05) is 13.8 Å². The first kappa shape index (κ1) is 10.2. The van der Waals surface area contributed by atoms with Crippen LogP contribution in [0.2, 0.25) is 0 Å². The molecule has 0 heterocycles. The molecular formula is C4H15NOSi. The standard InChI is InChI=1S/C4H11N.H4OSi/c1-3-5-4-2;1-2/h5H,3-4H2,1-2H3;1H,2H3. The van der Waals surface area contributed by atoms with Crippen LogP contribution in [0.15, 0.2) is 0 Å². The Morgan fingerprint density at radius 3 is 1.57 bits per heavy atom. The van der Waals surface area contributed by atoms with E-state index in [0.717, 1.165) is 13.1 Å². The zero-order valence-corrected chi connectivity index (χ0v) is 7.36. The van der Waals surface area contributed by atoms with E-state index < -0.39 is 0 Å². The molecule has 0 aromatic carbocycles. The van der Waals surface area contributed by atoms with Crippen molar-refractivity contribution in [1.82, 2.24) is 5.32 Å². The number of nitrogens with one attached hydrogen (secondary N) is 1. The normalized spacial score (nSPS) is 7.29. The van der Waals surface area contributed by atoms with E-state index in [0.29, 0.717) is 10.5 Å². The fraction of sp³-hybridized carbons (Fsp3) is 1.00. The average molecular weight is 121 g/mol. The van der Waals surface area contributed by atoms with Gasteiger partial charge in [0.05, 0.1) is 0 Å². The number of hydrogen-bond donors (Lipinski definition) is 2. The lowest BCUT2D eigenvalue weighted by atomic mass is 10.7. The Labute approximate surface area is 48.5 Å². The Balaban J connectivity index is 0. The van der Waals surface area contributed by atoms with E-state index >= 15 is 0 Å². The van der Waals surface area contributed by atoms with Crippen LogP contribution in [0.1, 0.15) is 13.8 Å². The second-order valence-electron chi connectivity index (χ2n) is 0.957. The lowest BCUT2D eigenvalue weighted by molar-refractivity contribution is 0.629. The van der Waals surface area contributed by atoms with Gasteiger partial charge in [-0.2, -0.15) is 0 Å². The van der Waals surface area contributed by atoms with E-state index in [4.69, 9.17) is 4.80 Å². The molecular weight excluding hydrogens is 106 g/mol. The highest BCUT2D eigenvalue weighted by Gasteiger charge is 1.62. The summed E-state index contributed by atoms with van der Waals surface area (Å²) in [6, 6.07) is 0. The largest absolute Gasteiger partial charge is 0.442 e. The molecule has 0 aliphatic heterocycles. The number of rotatable bonds is 2. The van der Waals surface area contributed by atoms with Crippen molar-refractivity contribution >= 4 is 10.5 Å². The molecule has 46 valence electrons. The summed E-state index contributed by atoms with van der Waals surface area (Å²) in [7, 11) is 0.306. The lowest BCUT2D eigenvalue weighted by Crippen LogP contribution is -2.09. The maximum atomic E-state index is 7.14. The predicted octanol–water partition coefficient (Wildman–Crippen LogP) is -1.13. The SMILES string of the molecule is CCNCC.O[SiH3]. The van der Waals surface area contributed by atoms with Crippen LogP contribution in [0, 0.1) is 0 Å². The molecule has 0 aliphatic carbocycles. The van der Waals surface area contributed by atoms with Crippen LogP contribution >= 0.6 is 0 Å². The topological polar surface area (TPSA) is 32.3 Å². The molecule has 0 aliphatic rings. The quantitative estimate of drug-likeness (QED) is 0.453. The third-order valence-corrected chi connectivity index (χ3v) is 0.500. The molecule has 0 spiro atoms. The molecule has 0 amide bonds.